The molecule has 1 atom stereocenters. The molecule has 0 bridgehead atoms. The topological polar surface area (TPSA) is 62.7 Å². The molecule has 2 aromatic carbocycles. The van der Waals surface area contributed by atoms with Gasteiger partial charge in [0, 0.05) is 17.9 Å². The van der Waals surface area contributed by atoms with Gasteiger partial charge < -0.3 is 10.1 Å². The molecule has 0 aliphatic carbocycles. The standard InChI is InChI=1S/C19H19ClFN3O2/c20-16-11-14(8-9-17(16)21)23-19(22-12-15-7-4-10-26-15)24-18(25)13-5-2-1-3-6-13/h1-3,5-6,8-9,11,15H,4,7,10,12H2,(H2,22,23,24,25)/t15-/m0/s1. The van der Waals surface area contributed by atoms with Gasteiger partial charge in [-0.3, -0.25) is 10.1 Å². The zero-order valence-electron chi connectivity index (χ0n) is 14.0. The van der Waals surface area contributed by atoms with E-state index in [1.54, 1.807) is 24.3 Å². The van der Waals surface area contributed by atoms with Crippen LogP contribution >= 0.6 is 11.6 Å². The molecule has 1 saturated heterocycles. The van der Waals surface area contributed by atoms with Gasteiger partial charge in [-0.05, 0) is 43.2 Å². The molecule has 5 nitrogen and oxygen atoms in total. The Balaban J connectivity index is 1.75. The highest BCUT2D eigenvalue weighted by Crippen LogP contribution is 2.19. The lowest BCUT2D eigenvalue weighted by atomic mass is 10.2. The third kappa shape index (κ3) is 5.03. The van der Waals surface area contributed by atoms with Crippen LogP contribution in [0.4, 0.5) is 10.1 Å². The van der Waals surface area contributed by atoms with Crippen molar-refractivity contribution in [1.82, 2.24) is 5.32 Å². The van der Waals surface area contributed by atoms with E-state index in [1.165, 1.54) is 18.2 Å². The Bertz CT molecular complexity index is 793. The third-order valence-corrected chi connectivity index (χ3v) is 4.22. The van der Waals surface area contributed by atoms with Gasteiger partial charge in [0.2, 0.25) is 5.96 Å². The minimum atomic E-state index is -0.511. The average molecular weight is 376 g/mol. The second kappa shape index (κ2) is 8.78. The van der Waals surface area contributed by atoms with E-state index in [4.69, 9.17) is 16.3 Å². The number of hydrogen-bond acceptors (Lipinski definition) is 3. The van der Waals surface area contributed by atoms with Crippen LogP contribution in [0.15, 0.2) is 53.5 Å². The molecule has 0 spiro atoms. The van der Waals surface area contributed by atoms with Crippen LogP contribution in [0.2, 0.25) is 5.02 Å². The van der Waals surface area contributed by atoms with Crippen LogP contribution in [-0.2, 0) is 4.74 Å². The second-order valence-corrected chi connectivity index (χ2v) is 6.31. The van der Waals surface area contributed by atoms with E-state index in [0.29, 0.717) is 17.8 Å². The maximum Gasteiger partial charge on any atom is 0.257 e. The van der Waals surface area contributed by atoms with Crippen molar-refractivity contribution in [2.24, 2.45) is 4.99 Å². The number of ether oxygens (including phenoxy) is 1. The molecule has 0 saturated carbocycles. The number of anilines is 1. The first kappa shape index (κ1) is 18.4. The fourth-order valence-corrected chi connectivity index (χ4v) is 2.75. The van der Waals surface area contributed by atoms with E-state index >= 15 is 0 Å². The quantitative estimate of drug-likeness (QED) is 0.630. The number of hydrogen-bond donors (Lipinski definition) is 2. The number of carbonyl (C=O) groups excluding carboxylic acids is 1. The van der Waals surface area contributed by atoms with Gasteiger partial charge in [0.05, 0.1) is 17.7 Å². The molecule has 3 rings (SSSR count). The molecule has 2 aromatic rings. The number of guanidine groups is 1. The summed E-state index contributed by atoms with van der Waals surface area (Å²) in [5.41, 5.74) is 1.03. The van der Waals surface area contributed by atoms with E-state index in [-0.39, 0.29) is 23.0 Å². The van der Waals surface area contributed by atoms with Crippen LogP contribution in [0, 0.1) is 5.82 Å². The number of nitrogens with zero attached hydrogens (tertiary/aromatic N) is 1. The summed E-state index contributed by atoms with van der Waals surface area (Å²) in [6, 6.07) is 13.0. The summed E-state index contributed by atoms with van der Waals surface area (Å²) < 4.78 is 18.9. The van der Waals surface area contributed by atoms with E-state index in [0.717, 1.165) is 19.4 Å². The number of benzene rings is 2. The lowest BCUT2D eigenvalue weighted by molar-refractivity contribution is 0.0975. The van der Waals surface area contributed by atoms with Crippen LogP contribution in [0.5, 0.6) is 0 Å². The number of nitrogens with one attached hydrogen (secondary N) is 2. The van der Waals surface area contributed by atoms with E-state index in [2.05, 4.69) is 15.6 Å². The first-order chi connectivity index (χ1) is 12.6. The minimum absolute atomic E-state index is 0.0112. The molecule has 2 N–H and O–H groups in total. The monoisotopic (exact) mass is 375 g/mol. The van der Waals surface area contributed by atoms with Gasteiger partial charge in [0.15, 0.2) is 0 Å². The molecule has 7 heteroatoms. The smallest absolute Gasteiger partial charge is 0.257 e. The molecule has 1 aliphatic rings. The highest BCUT2D eigenvalue weighted by molar-refractivity contribution is 6.31. The summed E-state index contributed by atoms with van der Waals surface area (Å²) in [5.74, 6) is -0.544. The first-order valence-electron chi connectivity index (χ1n) is 8.36. The highest BCUT2D eigenvalue weighted by atomic mass is 35.5. The fourth-order valence-electron chi connectivity index (χ4n) is 2.57. The number of halogens is 2. The van der Waals surface area contributed by atoms with Gasteiger partial charge in [-0.2, -0.15) is 0 Å². The largest absolute Gasteiger partial charge is 0.376 e. The van der Waals surface area contributed by atoms with Crippen LogP contribution in [0.1, 0.15) is 23.2 Å². The predicted molar refractivity (Wildman–Crippen MR) is 100 cm³/mol. The van der Waals surface area contributed by atoms with Crippen LogP contribution in [0.3, 0.4) is 0 Å². The van der Waals surface area contributed by atoms with E-state index in [9.17, 15) is 9.18 Å². The van der Waals surface area contributed by atoms with Crippen molar-refractivity contribution in [1.29, 1.82) is 0 Å². The predicted octanol–water partition coefficient (Wildman–Crippen LogP) is 3.86. The van der Waals surface area contributed by atoms with Crippen molar-refractivity contribution in [2.75, 3.05) is 18.5 Å². The fraction of sp³-hybridized carbons (Fsp3) is 0.263. The summed E-state index contributed by atoms with van der Waals surface area (Å²) in [6.07, 6.45) is 1.98. The third-order valence-electron chi connectivity index (χ3n) is 3.93. The molecule has 1 aliphatic heterocycles. The van der Waals surface area contributed by atoms with Crippen LogP contribution in [0.25, 0.3) is 0 Å². The van der Waals surface area contributed by atoms with Crippen molar-refractivity contribution in [3.63, 3.8) is 0 Å². The Morgan fingerprint density at radius 2 is 2.08 bits per heavy atom. The Morgan fingerprint density at radius 1 is 1.27 bits per heavy atom. The SMILES string of the molecule is O=C(NC(=NC[C@@H]1CCCO1)Nc1ccc(F)c(Cl)c1)c1ccccc1. The number of carbonyl (C=O) groups is 1. The molecule has 136 valence electrons. The number of rotatable bonds is 4. The Kier molecular flexibility index (Phi) is 6.20. The lowest BCUT2D eigenvalue weighted by Crippen LogP contribution is -2.36. The Hall–Kier alpha value is -2.44. The summed E-state index contributed by atoms with van der Waals surface area (Å²) in [5, 5.41) is 5.72. The zero-order valence-corrected chi connectivity index (χ0v) is 14.8. The van der Waals surface area contributed by atoms with Gasteiger partial charge >= 0.3 is 0 Å². The summed E-state index contributed by atoms with van der Waals surface area (Å²) in [6.45, 7) is 1.15. The van der Waals surface area contributed by atoms with Gasteiger partial charge in [-0.25, -0.2) is 9.38 Å². The Labute approximate surface area is 156 Å². The van der Waals surface area contributed by atoms with Crippen molar-refractivity contribution in [3.8, 4) is 0 Å². The van der Waals surface area contributed by atoms with E-state index in [1.807, 2.05) is 6.07 Å². The van der Waals surface area contributed by atoms with Crippen molar-refractivity contribution in [2.45, 2.75) is 18.9 Å². The summed E-state index contributed by atoms with van der Waals surface area (Å²) in [7, 11) is 0. The van der Waals surface area contributed by atoms with Crippen molar-refractivity contribution >= 4 is 29.2 Å². The zero-order chi connectivity index (χ0) is 18.4. The molecule has 1 heterocycles. The molecule has 0 aromatic heterocycles. The minimum Gasteiger partial charge on any atom is -0.376 e. The first-order valence-corrected chi connectivity index (χ1v) is 8.74. The second-order valence-electron chi connectivity index (χ2n) is 5.90. The number of amides is 1. The highest BCUT2D eigenvalue weighted by Gasteiger charge is 2.16. The summed E-state index contributed by atoms with van der Waals surface area (Å²) >= 11 is 5.82. The van der Waals surface area contributed by atoms with Crippen molar-refractivity contribution in [3.05, 3.63) is 64.9 Å². The van der Waals surface area contributed by atoms with Crippen LogP contribution < -0.4 is 10.6 Å². The molecule has 26 heavy (non-hydrogen) atoms. The molecule has 1 amide bonds. The van der Waals surface area contributed by atoms with E-state index < -0.39 is 5.82 Å². The lowest BCUT2D eigenvalue weighted by Gasteiger charge is -2.13. The molecule has 0 unspecified atom stereocenters. The maximum atomic E-state index is 13.3. The van der Waals surface area contributed by atoms with Gasteiger partial charge in [-0.1, -0.05) is 29.8 Å². The number of aliphatic imine (C=N–C) groups is 1. The maximum absolute atomic E-state index is 13.3. The Morgan fingerprint density at radius 3 is 2.77 bits per heavy atom. The van der Waals surface area contributed by atoms with Crippen molar-refractivity contribution < 1.29 is 13.9 Å². The van der Waals surface area contributed by atoms with Gasteiger partial charge in [0.1, 0.15) is 5.82 Å². The van der Waals surface area contributed by atoms with Crippen LogP contribution in [-0.4, -0.2) is 31.1 Å². The summed E-state index contributed by atoms with van der Waals surface area (Å²) in [4.78, 5) is 16.8. The molecule has 0 radical (unpaired) electrons. The molecule has 1 fully saturated rings. The molecular formula is C19H19ClFN3O2. The normalized spacial score (nSPS) is 17.2. The average Bonchev–Trinajstić information content (AvgIpc) is 3.17. The van der Waals surface area contributed by atoms with Gasteiger partial charge in [0.25, 0.3) is 5.91 Å². The molecular weight excluding hydrogens is 357 g/mol. The van der Waals surface area contributed by atoms with Gasteiger partial charge in [-0.15, -0.1) is 0 Å².